The molecule has 0 spiro atoms. The third-order valence-corrected chi connectivity index (χ3v) is 4.10. The lowest BCUT2D eigenvalue weighted by Gasteiger charge is -2.15. The fourth-order valence-electron chi connectivity index (χ4n) is 2.57. The van der Waals surface area contributed by atoms with Gasteiger partial charge in [-0.1, -0.05) is 6.07 Å². The maximum atomic E-state index is 12.5. The number of aromatic nitrogens is 3. The molecule has 1 atom stereocenters. The van der Waals surface area contributed by atoms with Gasteiger partial charge in [-0.3, -0.25) is 9.59 Å². The van der Waals surface area contributed by atoms with Crippen molar-refractivity contribution in [1.29, 1.82) is 0 Å². The second-order valence-corrected chi connectivity index (χ2v) is 6.06. The number of anilines is 1. The van der Waals surface area contributed by atoms with Crippen molar-refractivity contribution in [1.82, 2.24) is 14.8 Å². The van der Waals surface area contributed by atoms with E-state index < -0.39 is 6.04 Å². The number of carbonyl (C=O) groups is 1. The zero-order valence-corrected chi connectivity index (χ0v) is 15.3. The minimum atomic E-state index is -0.794. The summed E-state index contributed by atoms with van der Waals surface area (Å²) in [5.74, 6) is 0.797. The van der Waals surface area contributed by atoms with E-state index >= 15 is 0 Å². The van der Waals surface area contributed by atoms with Crippen LogP contribution in [0.15, 0.2) is 59.4 Å². The summed E-state index contributed by atoms with van der Waals surface area (Å²) < 4.78 is 6.32. The molecule has 0 bridgehead atoms. The molecule has 27 heavy (non-hydrogen) atoms. The largest absolute Gasteiger partial charge is 0.497 e. The lowest BCUT2D eigenvalue weighted by Crippen LogP contribution is -2.33. The highest BCUT2D eigenvalue weighted by Crippen LogP contribution is 2.20. The van der Waals surface area contributed by atoms with Crippen LogP contribution in [-0.4, -0.2) is 27.8 Å². The zero-order valence-electron chi connectivity index (χ0n) is 15.3. The predicted molar refractivity (Wildman–Crippen MR) is 103 cm³/mol. The van der Waals surface area contributed by atoms with Gasteiger partial charge in [-0.2, -0.15) is 5.10 Å². The van der Waals surface area contributed by atoms with Gasteiger partial charge in [0.2, 0.25) is 5.91 Å². The molecule has 2 heterocycles. The average Bonchev–Trinajstić information content (AvgIpc) is 2.68. The molecule has 1 amide bonds. The van der Waals surface area contributed by atoms with Crippen molar-refractivity contribution in [3.05, 3.63) is 70.6 Å². The molecular formula is C20H20N4O3. The number of aryl methyl sites for hydroxylation is 1. The first-order valence-electron chi connectivity index (χ1n) is 8.47. The van der Waals surface area contributed by atoms with Crippen LogP contribution in [0.5, 0.6) is 5.75 Å². The van der Waals surface area contributed by atoms with Crippen molar-refractivity contribution in [2.75, 3.05) is 12.4 Å². The molecule has 0 fully saturated rings. The summed E-state index contributed by atoms with van der Waals surface area (Å²) in [7, 11) is 1.59. The molecule has 1 N–H and O–H groups in total. The van der Waals surface area contributed by atoms with Crippen LogP contribution in [-0.2, 0) is 4.79 Å². The van der Waals surface area contributed by atoms with Gasteiger partial charge in [0.25, 0.3) is 5.56 Å². The Kier molecular flexibility index (Phi) is 5.30. The Morgan fingerprint density at radius 2 is 1.85 bits per heavy atom. The zero-order chi connectivity index (χ0) is 19.4. The monoisotopic (exact) mass is 364 g/mol. The third kappa shape index (κ3) is 4.20. The normalized spacial score (nSPS) is 11.7. The van der Waals surface area contributed by atoms with Crippen LogP contribution < -0.4 is 15.6 Å². The number of carbonyl (C=O) groups excluding carboxylic acids is 1. The number of amides is 1. The van der Waals surface area contributed by atoms with Gasteiger partial charge in [-0.05, 0) is 56.3 Å². The SMILES string of the molecule is COc1ccc(-c2ccc(=O)n(C(C)C(=O)Nc3cccc(C)n3)n2)cc1. The average molecular weight is 364 g/mol. The van der Waals surface area contributed by atoms with Gasteiger partial charge in [0.1, 0.15) is 17.6 Å². The van der Waals surface area contributed by atoms with E-state index in [9.17, 15) is 9.59 Å². The van der Waals surface area contributed by atoms with E-state index in [1.165, 1.54) is 10.7 Å². The van der Waals surface area contributed by atoms with Crippen molar-refractivity contribution < 1.29 is 9.53 Å². The first-order valence-corrected chi connectivity index (χ1v) is 8.47. The van der Waals surface area contributed by atoms with Crippen molar-refractivity contribution in [3.8, 4) is 17.0 Å². The fourth-order valence-corrected chi connectivity index (χ4v) is 2.57. The summed E-state index contributed by atoms with van der Waals surface area (Å²) in [6.45, 7) is 3.46. The Bertz CT molecular complexity index is 1010. The summed E-state index contributed by atoms with van der Waals surface area (Å²) in [5.41, 5.74) is 1.84. The van der Waals surface area contributed by atoms with Crippen molar-refractivity contribution >= 4 is 11.7 Å². The quantitative estimate of drug-likeness (QED) is 0.752. The molecule has 0 aliphatic carbocycles. The predicted octanol–water partition coefficient (Wildman–Crippen LogP) is 2.82. The molecule has 0 saturated carbocycles. The smallest absolute Gasteiger partial charge is 0.267 e. The molecule has 1 unspecified atom stereocenters. The number of methoxy groups -OCH3 is 1. The molecule has 7 heteroatoms. The van der Waals surface area contributed by atoms with E-state index in [-0.39, 0.29) is 11.5 Å². The van der Waals surface area contributed by atoms with Crippen molar-refractivity contribution in [3.63, 3.8) is 0 Å². The van der Waals surface area contributed by atoms with Gasteiger partial charge >= 0.3 is 0 Å². The van der Waals surface area contributed by atoms with Gasteiger partial charge in [-0.15, -0.1) is 0 Å². The first kappa shape index (κ1) is 18.3. The Hall–Kier alpha value is -3.48. The number of hydrogen-bond donors (Lipinski definition) is 1. The van der Waals surface area contributed by atoms with Crippen LogP contribution in [0.1, 0.15) is 18.7 Å². The number of rotatable bonds is 5. The van der Waals surface area contributed by atoms with E-state index in [2.05, 4.69) is 15.4 Å². The molecule has 0 aliphatic rings. The number of benzene rings is 1. The molecule has 3 rings (SSSR count). The maximum absolute atomic E-state index is 12.5. The second kappa shape index (κ2) is 7.82. The molecule has 2 aromatic heterocycles. The van der Waals surface area contributed by atoms with Crippen LogP contribution in [0.2, 0.25) is 0 Å². The van der Waals surface area contributed by atoms with Gasteiger partial charge in [-0.25, -0.2) is 9.67 Å². The highest BCUT2D eigenvalue weighted by molar-refractivity contribution is 5.92. The highest BCUT2D eigenvalue weighted by atomic mass is 16.5. The standard InChI is InChI=1S/C20H20N4O3/c1-13-5-4-6-18(21-13)22-20(26)14(2)24-19(25)12-11-17(23-24)15-7-9-16(27-3)10-8-15/h4-12,14H,1-3H3,(H,21,22,26). The van der Waals surface area contributed by atoms with Crippen LogP contribution in [0.25, 0.3) is 11.3 Å². The fraction of sp³-hybridized carbons (Fsp3) is 0.200. The van der Waals surface area contributed by atoms with Crippen molar-refractivity contribution in [2.24, 2.45) is 0 Å². The summed E-state index contributed by atoms with van der Waals surface area (Å²) >= 11 is 0. The number of pyridine rings is 1. The van der Waals surface area contributed by atoms with Gasteiger partial charge in [0.15, 0.2) is 0 Å². The molecule has 1 aromatic carbocycles. The number of hydrogen-bond acceptors (Lipinski definition) is 5. The molecule has 0 aliphatic heterocycles. The topological polar surface area (TPSA) is 86.1 Å². The van der Waals surface area contributed by atoms with E-state index in [4.69, 9.17) is 4.74 Å². The van der Waals surface area contributed by atoms with Gasteiger partial charge in [0.05, 0.1) is 12.8 Å². The highest BCUT2D eigenvalue weighted by Gasteiger charge is 2.18. The number of nitrogens with one attached hydrogen (secondary N) is 1. The van der Waals surface area contributed by atoms with Gasteiger partial charge in [0, 0.05) is 17.3 Å². The Balaban J connectivity index is 1.86. The first-order chi connectivity index (χ1) is 13.0. The van der Waals surface area contributed by atoms with Crippen molar-refractivity contribution in [2.45, 2.75) is 19.9 Å². The maximum Gasteiger partial charge on any atom is 0.267 e. The van der Waals surface area contributed by atoms with Crippen LogP contribution >= 0.6 is 0 Å². The van der Waals surface area contributed by atoms with E-state index in [1.807, 2.05) is 37.3 Å². The molecular weight excluding hydrogens is 344 g/mol. The summed E-state index contributed by atoms with van der Waals surface area (Å²) in [5, 5.41) is 7.08. The molecule has 138 valence electrons. The lowest BCUT2D eigenvalue weighted by atomic mass is 10.1. The Labute approximate surface area is 156 Å². The molecule has 0 saturated heterocycles. The lowest BCUT2D eigenvalue weighted by molar-refractivity contribution is -0.119. The van der Waals surface area contributed by atoms with Crippen LogP contribution in [0.4, 0.5) is 5.82 Å². The summed E-state index contributed by atoms with van der Waals surface area (Å²) in [4.78, 5) is 29.0. The van der Waals surface area contributed by atoms with E-state index in [1.54, 1.807) is 32.2 Å². The Morgan fingerprint density at radius 3 is 2.52 bits per heavy atom. The molecule has 7 nitrogen and oxygen atoms in total. The summed E-state index contributed by atoms with van der Waals surface area (Å²) in [6, 6.07) is 14.9. The number of ether oxygens (including phenoxy) is 1. The molecule has 0 radical (unpaired) electrons. The van der Waals surface area contributed by atoms with Crippen LogP contribution in [0, 0.1) is 6.92 Å². The van der Waals surface area contributed by atoms with Gasteiger partial charge < -0.3 is 10.1 Å². The second-order valence-electron chi connectivity index (χ2n) is 6.06. The van der Waals surface area contributed by atoms with E-state index in [0.29, 0.717) is 11.5 Å². The number of nitrogens with zero attached hydrogens (tertiary/aromatic N) is 3. The van der Waals surface area contributed by atoms with Crippen LogP contribution in [0.3, 0.4) is 0 Å². The van der Waals surface area contributed by atoms with E-state index in [0.717, 1.165) is 17.0 Å². The minimum absolute atomic E-state index is 0.355. The third-order valence-electron chi connectivity index (χ3n) is 4.10. The minimum Gasteiger partial charge on any atom is -0.497 e. The Morgan fingerprint density at radius 1 is 1.11 bits per heavy atom. The summed E-state index contributed by atoms with van der Waals surface area (Å²) in [6.07, 6.45) is 0. The molecule has 3 aromatic rings.